The second-order valence-corrected chi connectivity index (χ2v) is 6.13. The van der Waals surface area contributed by atoms with Gasteiger partial charge in [0.25, 0.3) is 0 Å². The van der Waals surface area contributed by atoms with E-state index >= 15 is 0 Å². The van der Waals surface area contributed by atoms with Crippen molar-refractivity contribution < 1.29 is 14.3 Å². The van der Waals surface area contributed by atoms with Crippen LogP contribution in [0.2, 0.25) is 0 Å². The van der Waals surface area contributed by atoms with Crippen LogP contribution in [0.15, 0.2) is 48.5 Å². The van der Waals surface area contributed by atoms with Gasteiger partial charge in [-0.3, -0.25) is 9.59 Å². The molecule has 1 aliphatic heterocycles. The number of hydrogen-bond donors (Lipinski definition) is 2. The Balaban J connectivity index is 1.86. The van der Waals surface area contributed by atoms with Gasteiger partial charge in [-0.2, -0.15) is 0 Å². The molecule has 2 N–H and O–H groups in total. The first-order valence-corrected chi connectivity index (χ1v) is 8.55. The average Bonchev–Trinajstić information content (AvgIpc) is 2.63. The van der Waals surface area contributed by atoms with Crippen molar-refractivity contribution in [3.8, 4) is 11.5 Å². The summed E-state index contributed by atoms with van der Waals surface area (Å²) in [7, 11) is 0. The van der Waals surface area contributed by atoms with Crippen LogP contribution >= 0.6 is 0 Å². The zero-order valence-electron chi connectivity index (χ0n) is 14.4. The number of para-hydroxylation sites is 2. The van der Waals surface area contributed by atoms with Gasteiger partial charge in [-0.25, -0.2) is 0 Å². The molecule has 25 heavy (non-hydrogen) atoms. The van der Waals surface area contributed by atoms with Gasteiger partial charge in [0.2, 0.25) is 11.8 Å². The standard InChI is InChI=1S/C20H22N2O3/c1-3-12-21-19(23)13(2)22-20(24)18-14-8-4-6-10-16(14)25-17-11-7-5-9-15(17)18/h4-11,13,18H,3,12H2,1-2H3,(H,21,23)(H,22,24)/t13-/m0/s1. The molecule has 1 atom stereocenters. The number of benzene rings is 2. The molecular weight excluding hydrogens is 316 g/mol. The molecule has 0 aromatic heterocycles. The van der Waals surface area contributed by atoms with Crippen LogP contribution in [0.5, 0.6) is 11.5 Å². The summed E-state index contributed by atoms with van der Waals surface area (Å²) in [6.07, 6.45) is 0.854. The Bertz CT molecular complexity index is 743. The lowest BCUT2D eigenvalue weighted by Gasteiger charge is -2.28. The minimum Gasteiger partial charge on any atom is -0.457 e. The molecule has 0 unspecified atom stereocenters. The molecule has 0 fully saturated rings. The number of rotatable bonds is 5. The Morgan fingerprint density at radius 1 is 1.04 bits per heavy atom. The largest absolute Gasteiger partial charge is 0.457 e. The van der Waals surface area contributed by atoms with Crippen LogP contribution < -0.4 is 15.4 Å². The SMILES string of the molecule is CCCNC(=O)[C@H](C)NC(=O)C1c2ccccc2Oc2ccccc21. The maximum Gasteiger partial charge on any atom is 0.242 e. The number of nitrogens with one attached hydrogen (secondary N) is 2. The number of hydrogen-bond acceptors (Lipinski definition) is 3. The third kappa shape index (κ3) is 3.50. The first kappa shape index (κ1) is 17.0. The fourth-order valence-corrected chi connectivity index (χ4v) is 2.96. The van der Waals surface area contributed by atoms with E-state index in [0.717, 1.165) is 17.5 Å². The molecule has 2 aromatic rings. The highest BCUT2D eigenvalue weighted by atomic mass is 16.5. The lowest BCUT2D eigenvalue weighted by atomic mass is 9.87. The molecule has 0 spiro atoms. The van der Waals surface area contributed by atoms with Gasteiger partial charge >= 0.3 is 0 Å². The third-order valence-electron chi connectivity index (χ3n) is 4.24. The van der Waals surface area contributed by atoms with Gasteiger partial charge in [-0.1, -0.05) is 43.3 Å². The molecule has 3 rings (SSSR count). The maximum absolute atomic E-state index is 13.0. The van der Waals surface area contributed by atoms with E-state index in [0.29, 0.717) is 18.0 Å². The van der Waals surface area contributed by atoms with Crippen molar-refractivity contribution in [2.75, 3.05) is 6.54 Å². The van der Waals surface area contributed by atoms with Crippen molar-refractivity contribution in [3.05, 3.63) is 59.7 Å². The minimum absolute atomic E-state index is 0.177. The molecule has 0 bridgehead atoms. The highest BCUT2D eigenvalue weighted by Crippen LogP contribution is 2.43. The number of ether oxygens (including phenoxy) is 1. The van der Waals surface area contributed by atoms with Crippen LogP contribution in [0.3, 0.4) is 0 Å². The van der Waals surface area contributed by atoms with Gasteiger partial charge in [0.1, 0.15) is 17.5 Å². The van der Waals surface area contributed by atoms with Crippen molar-refractivity contribution in [1.82, 2.24) is 10.6 Å². The van der Waals surface area contributed by atoms with Crippen molar-refractivity contribution >= 4 is 11.8 Å². The fourth-order valence-electron chi connectivity index (χ4n) is 2.96. The molecule has 1 aliphatic rings. The molecule has 0 saturated heterocycles. The fraction of sp³-hybridized carbons (Fsp3) is 0.300. The molecule has 2 amide bonds. The first-order valence-electron chi connectivity index (χ1n) is 8.55. The Morgan fingerprint density at radius 3 is 2.16 bits per heavy atom. The van der Waals surface area contributed by atoms with E-state index in [1.165, 1.54) is 0 Å². The summed E-state index contributed by atoms with van der Waals surface area (Å²) < 4.78 is 5.90. The summed E-state index contributed by atoms with van der Waals surface area (Å²) in [4.78, 5) is 25.0. The van der Waals surface area contributed by atoms with Crippen LogP contribution in [0.4, 0.5) is 0 Å². The second-order valence-electron chi connectivity index (χ2n) is 6.13. The highest BCUT2D eigenvalue weighted by Gasteiger charge is 2.33. The van der Waals surface area contributed by atoms with E-state index in [2.05, 4.69) is 10.6 Å². The van der Waals surface area contributed by atoms with Crippen LogP contribution in [0.25, 0.3) is 0 Å². The molecule has 0 radical (unpaired) electrons. The summed E-state index contributed by atoms with van der Waals surface area (Å²) in [6.45, 7) is 4.28. The van der Waals surface area contributed by atoms with Gasteiger partial charge in [0, 0.05) is 17.7 Å². The van der Waals surface area contributed by atoms with Crippen LogP contribution in [-0.4, -0.2) is 24.4 Å². The van der Waals surface area contributed by atoms with E-state index in [4.69, 9.17) is 4.74 Å². The monoisotopic (exact) mass is 338 g/mol. The minimum atomic E-state index is -0.596. The normalized spacial score (nSPS) is 13.8. The van der Waals surface area contributed by atoms with E-state index in [9.17, 15) is 9.59 Å². The Labute approximate surface area is 147 Å². The van der Waals surface area contributed by atoms with Crippen molar-refractivity contribution in [3.63, 3.8) is 0 Å². The summed E-state index contributed by atoms with van der Waals surface area (Å²) in [5, 5.41) is 5.63. The van der Waals surface area contributed by atoms with E-state index < -0.39 is 12.0 Å². The van der Waals surface area contributed by atoms with Crippen molar-refractivity contribution in [1.29, 1.82) is 0 Å². The van der Waals surface area contributed by atoms with Gasteiger partial charge in [-0.05, 0) is 25.5 Å². The summed E-state index contributed by atoms with van der Waals surface area (Å²) in [5.41, 5.74) is 1.61. The van der Waals surface area contributed by atoms with E-state index in [-0.39, 0.29) is 11.8 Å². The number of carbonyl (C=O) groups is 2. The second kappa shape index (κ2) is 7.38. The Hall–Kier alpha value is -2.82. The number of amides is 2. The molecular formula is C20H22N2O3. The molecule has 5 nitrogen and oxygen atoms in total. The Kier molecular flexibility index (Phi) is 5.03. The zero-order chi connectivity index (χ0) is 17.8. The smallest absolute Gasteiger partial charge is 0.242 e. The summed E-state index contributed by atoms with van der Waals surface area (Å²) in [6, 6.07) is 14.4. The van der Waals surface area contributed by atoms with Crippen molar-refractivity contribution in [2.45, 2.75) is 32.2 Å². The lowest BCUT2D eigenvalue weighted by Crippen LogP contribution is -2.46. The average molecular weight is 338 g/mol. The van der Waals surface area contributed by atoms with E-state index in [1.54, 1.807) is 6.92 Å². The molecule has 5 heteroatoms. The number of fused-ring (bicyclic) bond motifs is 2. The van der Waals surface area contributed by atoms with Gasteiger partial charge in [0.05, 0.1) is 5.92 Å². The lowest BCUT2D eigenvalue weighted by molar-refractivity contribution is -0.128. The summed E-state index contributed by atoms with van der Waals surface area (Å²) in [5.74, 6) is 0.461. The molecule has 130 valence electrons. The predicted molar refractivity (Wildman–Crippen MR) is 95.7 cm³/mol. The topological polar surface area (TPSA) is 67.4 Å². The first-order chi connectivity index (χ1) is 12.1. The van der Waals surface area contributed by atoms with Gasteiger partial charge in [-0.15, -0.1) is 0 Å². The summed E-state index contributed by atoms with van der Waals surface area (Å²) >= 11 is 0. The molecule has 0 saturated carbocycles. The molecule has 0 aliphatic carbocycles. The predicted octanol–water partition coefficient (Wildman–Crippen LogP) is 2.96. The number of carbonyl (C=O) groups excluding carboxylic acids is 2. The van der Waals surface area contributed by atoms with Crippen LogP contribution in [0.1, 0.15) is 37.3 Å². The van der Waals surface area contributed by atoms with Crippen LogP contribution in [0, 0.1) is 0 Å². The maximum atomic E-state index is 13.0. The Morgan fingerprint density at radius 2 is 1.60 bits per heavy atom. The quantitative estimate of drug-likeness (QED) is 0.881. The molecule has 1 heterocycles. The van der Waals surface area contributed by atoms with Crippen molar-refractivity contribution in [2.24, 2.45) is 0 Å². The third-order valence-corrected chi connectivity index (χ3v) is 4.24. The van der Waals surface area contributed by atoms with E-state index in [1.807, 2.05) is 55.5 Å². The van der Waals surface area contributed by atoms with Crippen LogP contribution in [-0.2, 0) is 9.59 Å². The van der Waals surface area contributed by atoms with Gasteiger partial charge in [0.15, 0.2) is 0 Å². The zero-order valence-corrected chi connectivity index (χ0v) is 14.4. The highest BCUT2D eigenvalue weighted by molar-refractivity contribution is 5.93. The van der Waals surface area contributed by atoms with Gasteiger partial charge < -0.3 is 15.4 Å². The molecule has 2 aromatic carbocycles.